The fourth-order valence-electron chi connectivity index (χ4n) is 3.16. The number of nitrogens with two attached hydrogens (primary N) is 1. The van der Waals surface area contributed by atoms with Crippen molar-refractivity contribution in [3.8, 4) is 5.75 Å². The third-order valence-electron chi connectivity index (χ3n) is 4.43. The molecule has 1 aliphatic carbocycles. The summed E-state index contributed by atoms with van der Waals surface area (Å²) in [5.41, 5.74) is 7.47. The molecule has 1 aliphatic heterocycles. The highest BCUT2D eigenvalue weighted by Crippen LogP contribution is 2.38. The Labute approximate surface area is 125 Å². The zero-order valence-corrected chi connectivity index (χ0v) is 12.5. The predicted molar refractivity (Wildman–Crippen MR) is 80.3 cm³/mol. The molecular formula is C16H22ClNO2. The minimum absolute atomic E-state index is 0.125. The molecule has 0 aromatic heterocycles. The number of hydrogen-bond acceptors (Lipinski definition) is 3. The molecule has 0 amide bonds. The molecule has 0 spiro atoms. The molecule has 2 aliphatic rings. The third-order valence-corrected chi connectivity index (χ3v) is 4.73. The van der Waals surface area contributed by atoms with E-state index in [2.05, 4.69) is 6.07 Å². The van der Waals surface area contributed by atoms with Gasteiger partial charge in [-0.1, -0.05) is 36.9 Å². The molecule has 2 N–H and O–H groups in total. The van der Waals surface area contributed by atoms with Crippen LogP contribution >= 0.6 is 11.6 Å². The lowest BCUT2D eigenvalue weighted by Gasteiger charge is -2.34. The molecule has 20 heavy (non-hydrogen) atoms. The van der Waals surface area contributed by atoms with E-state index in [1.54, 1.807) is 0 Å². The maximum absolute atomic E-state index is 6.54. The second kappa shape index (κ2) is 5.92. The Morgan fingerprint density at radius 3 is 2.70 bits per heavy atom. The first-order chi connectivity index (χ1) is 9.67. The molecule has 0 bridgehead atoms. The van der Waals surface area contributed by atoms with Crippen LogP contribution in [0.4, 0.5) is 0 Å². The molecule has 1 unspecified atom stereocenters. The minimum atomic E-state index is -0.211. The molecule has 3 rings (SSSR count). The first-order valence-corrected chi connectivity index (χ1v) is 7.88. The smallest absolute Gasteiger partial charge is 0.138 e. The summed E-state index contributed by atoms with van der Waals surface area (Å²) >= 11 is 6.37. The maximum Gasteiger partial charge on any atom is 0.138 e. The van der Waals surface area contributed by atoms with Crippen LogP contribution in [0.15, 0.2) is 18.2 Å². The largest absolute Gasteiger partial charge is 0.486 e. The lowest BCUT2D eigenvalue weighted by Crippen LogP contribution is -2.38. The Morgan fingerprint density at radius 1 is 1.25 bits per heavy atom. The van der Waals surface area contributed by atoms with Gasteiger partial charge in [-0.2, -0.15) is 0 Å². The van der Waals surface area contributed by atoms with Crippen LogP contribution in [0.1, 0.15) is 44.1 Å². The van der Waals surface area contributed by atoms with E-state index >= 15 is 0 Å². The van der Waals surface area contributed by atoms with Crippen LogP contribution in [-0.4, -0.2) is 19.3 Å². The zero-order valence-electron chi connectivity index (χ0n) is 11.7. The van der Waals surface area contributed by atoms with Crippen LogP contribution in [0.2, 0.25) is 5.02 Å². The van der Waals surface area contributed by atoms with E-state index in [0.717, 1.165) is 37.2 Å². The van der Waals surface area contributed by atoms with Gasteiger partial charge in [0.05, 0.1) is 18.2 Å². The van der Waals surface area contributed by atoms with Gasteiger partial charge in [0.15, 0.2) is 0 Å². The van der Waals surface area contributed by atoms with Gasteiger partial charge in [-0.25, -0.2) is 0 Å². The van der Waals surface area contributed by atoms with E-state index in [1.165, 1.54) is 19.3 Å². The molecule has 3 nitrogen and oxygen atoms in total. The maximum atomic E-state index is 6.54. The Hall–Kier alpha value is -0.770. The summed E-state index contributed by atoms with van der Waals surface area (Å²) in [4.78, 5) is 0. The van der Waals surface area contributed by atoms with Gasteiger partial charge in [0.25, 0.3) is 0 Å². The van der Waals surface area contributed by atoms with Crippen LogP contribution in [0.5, 0.6) is 5.75 Å². The Morgan fingerprint density at radius 2 is 2.05 bits per heavy atom. The van der Waals surface area contributed by atoms with E-state index < -0.39 is 0 Å². The van der Waals surface area contributed by atoms with Crippen molar-refractivity contribution in [1.29, 1.82) is 0 Å². The van der Waals surface area contributed by atoms with Crippen molar-refractivity contribution in [2.75, 3.05) is 13.2 Å². The predicted octanol–water partition coefficient (Wildman–Crippen LogP) is 3.63. The van der Waals surface area contributed by atoms with Crippen molar-refractivity contribution in [2.45, 2.75) is 50.2 Å². The average molecular weight is 296 g/mol. The van der Waals surface area contributed by atoms with E-state index in [-0.39, 0.29) is 11.6 Å². The first kappa shape index (κ1) is 14.2. The van der Waals surface area contributed by atoms with E-state index in [4.69, 9.17) is 26.8 Å². The first-order valence-electron chi connectivity index (χ1n) is 7.51. The summed E-state index contributed by atoms with van der Waals surface area (Å²) in [7, 11) is 0. The fraction of sp³-hybridized carbons (Fsp3) is 0.625. The lowest BCUT2D eigenvalue weighted by molar-refractivity contribution is 0.141. The summed E-state index contributed by atoms with van der Waals surface area (Å²) in [5, 5.41) is 0.657. The van der Waals surface area contributed by atoms with E-state index in [0.29, 0.717) is 11.6 Å². The average Bonchev–Trinajstić information content (AvgIpc) is 2.95. The van der Waals surface area contributed by atoms with Gasteiger partial charge < -0.3 is 15.2 Å². The highest BCUT2D eigenvalue weighted by atomic mass is 35.5. The van der Waals surface area contributed by atoms with Crippen LogP contribution in [-0.2, 0) is 10.3 Å². The lowest BCUT2D eigenvalue weighted by atomic mass is 9.77. The Kier molecular flexibility index (Phi) is 4.20. The number of rotatable bonds is 3. The van der Waals surface area contributed by atoms with Crippen LogP contribution in [0.3, 0.4) is 0 Å². The summed E-state index contributed by atoms with van der Waals surface area (Å²) in [6.45, 7) is 1.42. The van der Waals surface area contributed by atoms with Crippen molar-refractivity contribution in [3.63, 3.8) is 0 Å². The molecule has 1 atom stereocenters. The molecule has 1 aromatic rings. The molecule has 110 valence electrons. The molecular weight excluding hydrogens is 274 g/mol. The second-order valence-electron chi connectivity index (χ2n) is 5.97. The summed E-state index contributed by atoms with van der Waals surface area (Å²) < 4.78 is 11.2. The molecule has 0 radical (unpaired) electrons. The van der Waals surface area contributed by atoms with Crippen molar-refractivity contribution >= 4 is 11.6 Å². The van der Waals surface area contributed by atoms with Crippen LogP contribution in [0, 0.1) is 0 Å². The monoisotopic (exact) mass is 295 g/mol. The summed E-state index contributed by atoms with van der Waals surface area (Å²) in [5.74, 6) is 0.741. The van der Waals surface area contributed by atoms with Gasteiger partial charge in [0.1, 0.15) is 11.9 Å². The SMILES string of the molecule is NC1(c2ccc(OC3CCOC3)c(Cl)c2)CCCCC1. The van der Waals surface area contributed by atoms with Crippen molar-refractivity contribution in [1.82, 2.24) is 0 Å². The molecule has 1 saturated carbocycles. The van der Waals surface area contributed by atoms with Gasteiger partial charge in [-0.15, -0.1) is 0 Å². The highest BCUT2D eigenvalue weighted by Gasteiger charge is 2.30. The van der Waals surface area contributed by atoms with E-state index in [1.807, 2.05) is 12.1 Å². The van der Waals surface area contributed by atoms with Crippen molar-refractivity contribution in [3.05, 3.63) is 28.8 Å². The molecule has 1 aromatic carbocycles. The molecule has 2 fully saturated rings. The van der Waals surface area contributed by atoms with Gasteiger partial charge in [-0.05, 0) is 30.5 Å². The highest BCUT2D eigenvalue weighted by molar-refractivity contribution is 6.32. The quantitative estimate of drug-likeness (QED) is 0.926. The zero-order chi connectivity index (χ0) is 14.0. The normalized spacial score (nSPS) is 25.6. The van der Waals surface area contributed by atoms with Crippen molar-refractivity contribution in [2.24, 2.45) is 5.73 Å². The van der Waals surface area contributed by atoms with Crippen LogP contribution < -0.4 is 10.5 Å². The fourth-order valence-corrected chi connectivity index (χ4v) is 3.39. The van der Waals surface area contributed by atoms with Crippen molar-refractivity contribution < 1.29 is 9.47 Å². The second-order valence-corrected chi connectivity index (χ2v) is 6.37. The third kappa shape index (κ3) is 2.95. The standard InChI is InChI=1S/C16H22ClNO2/c17-14-10-12(16(18)7-2-1-3-8-16)4-5-15(14)20-13-6-9-19-11-13/h4-5,10,13H,1-3,6-9,11,18H2. The molecule has 1 heterocycles. The summed E-state index contributed by atoms with van der Waals surface area (Å²) in [6.07, 6.45) is 6.83. The Balaban J connectivity index is 1.76. The van der Waals surface area contributed by atoms with Gasteiger partial charge in [-0.3, -0.25) is 0 Å². The molecule has 4 heteroatoms. The number of halogens is 1. The van der Waals surface area contributed by atoms with Gasteiger partial charge >= 0.3 is 0 Å². The van der Waals surface area contributed by atoms with Gasteiger partial charge in [0, 0.05) is 12.0 Å². The van der Waals surface area contributed by atoms with Crippen LogP contribution in [0.25, 0.3) is 0 Å². The minimum Gasteiger partial charge on any atom is -0.486 e. The Bertz CT molecular complexity index is 466. The summed E-state index contributed by atoms with van der Waals surface area (Å²) in [6, 6.07) is 6.01. The number of benzene rings is 1. The van der Waals surface area contributed by atoms with Gasteiger partial charge in [0.2, 0.25) is 0 Å². The van der Waals surface area contributed by atoms with E-state index in [9.17, 15) is 0 Å². The number of hydrogen-bond donors (Lipinski definition) is 1. The molecule has 1 saturated heterocycles. The topological polar surface area (TPSA) is 44.5 Å². The number of ether oxygens (including phenoxy) is 2.